The molecule has 0 radical (unpaired) electrons. The predicted molar refractivity (Wildman–Crippen MR) is 135 cm³/mol. The maximum Gasteiger partial charge on any atom is 0.534 e. The van der Waals surface area contributed by atoms with Crippen molar-refractivity contribution in [3.05, 3.63) is 58.7 Å². The lowest BCUT2D eigenvalue weighted by Crippen LogP contribution is -2.45. The Hall–Kier alpha value is -2.26. The van der Waals surface area contributed by atoms with Crippen LogP contribution in [0.4, 0.5) is 13.2 Å². The van der Waals surface area contributed by atoms with E-state index < -0.39 is 26.6 Å². The van der Waals surface area contributed by atoms with E-state index in [4.69, 9.17) is 4.74 Å². The normalized spacial score (nSPS) is 14.9. The minimum absolute atomic E-state index is 0.130. The van der Waals surface area contributed by atoms with Gasteiger partial charge in [-0.25, -0.2) is 0 Å². The zero-order valence-corrected chi connectivity index (χ0v) is 23.0. The van der Waals surface area contributed by atoms with Crippen molar-refractivity contribution in [2.24, 2.45) is 5.41 Å². The van der Waals surface area contributed by atoms with E-state index in [1.807, 2.05) is 59.7 Å². The monoisotopic (exact) mass is 530 g/mol. The molecule has 1 atom stereocenters. The van der Waals surface area contributed by atoms with Crippen LogP contribution in [0, 0.1) is 19.3 Å². The standard InChI is InChI=1S/C27H37F3O5S/c1-9-26(10-2,21-12-14-23(19(4)16-21)35-36(32,33)27(28,29)30)20-11-13-22(18(3)15-20)34-17-25(8,31)24(5,6)7/h11-16,31H,9-10,17H2,1-8H3/t25-/m1/s1. The highest BCUT2D eigenvalue weighted by atomic mass is 32.2. The second-order valence-electron chi connectivity index (χ2n) is 10.5. The van der Waals surface area contributed by atoms with Crippen molar-refractivity contribution in [3.63, 3.8) is 0 Å². The molecule has 202 valence electrons. The van der Waals surface area contributed by atoms with Gasteiger partial charge in [0.1, 0.15) is 23.7 Å². The van der Waals surface area contributed by atoms with Crippen LogP contribution in [0.15, 0.2) is 36.4 Å². The van der Waals surface area contributed by atoms with Crippen molar-refractivity contribution in [2.75, 3.05) is 6.61 Å². The Bertz CT molecular complexity index is 1170. The first-order valence-corrected chi connectivity index (χ1v) is 13.3. The lowest BCUT2D eigenvalue weighted by Gasteiger charge is -2.37. The van der Waals surface area contributed by atoms with Crippen LogP contribution in [0.5, 0.6) is 11.5 Å². The van der Waals surface area contributed by atoms with E-state index in [1.54, 1.807) is 19.1 Å². The Morgan fingerprint density at radius 1 is 0.833 bits per heavy atom. The number of hydrogen-bond acceptors (Lipinski definition) is 5. The highest BCUT2D eigenvalue weighted by Gasteiger charge is 2.48. The molecule has 2 aromatic rings. The van der Waals surface area contributed by atoms with Crippen molar-refractivity contribution >= 4 is 10.1 Å². The minimum Gasteiger partial charge on any atom is -0.490 e. The van der Waals surface area contributed by atoms with Gasteiger partial charge in [0.2, 0.25) is 0 Å². The van der Waals surface area contributed by atoms with Gasteiger partial charge in [-0.2, -0.15) is 21.6 Å². The Morgan fingerprint density at radius 2 is 1.28 bits per heavy atom. The molecule has 0 bridgehead atoms. The third-order valence-electron chi connectivity index (χ3n) is 7.27. The Labute approximate surface area is 212 Å². The van der Waals surface area contributed by atoms with E-state index in [1.165, 1.54) is 13.0 Å². The van der Waals surface area contributed by atoms with E-state index >= 15 is 0 Å². The number of hydrogen-bond donors (Lipinski definition) is 1. The molecule has 2 rings (SSSR count). The van der Waals surface area contributed by atoms with Crippen molar-refractivity contribution in [1.29, 1.82) is 0 Å². The minimum atomic E-state index is -5.75. The molecule has 0 spiro atoms. The predicted octanol–water partition coefficient (Wildman–Crippen LogP) is 6.81. The molecule has 0 saturated carbocycles. The second kappa shape index (κ2) is 10.2. The summed E-state index contributed by atoms with van der Waals surface area (Å²) in [7, 11) is -5.75. The summed E-state index contributed by atoms with van der Waals surface area (Å²) in [6.07, 6.45) is 1.39. The largest absolute Gasteiger partial charge is 0.534 e. The second-order valence-corrected chi connectivity index (χ2v) is 12.1. The van der Waals surface area contributed by atoms with E-state index in [2.05, 4.69) is 4.18 Å². The summed E-state index contributed by atoms with van der Waals surface area (Å²) in [5.74, 6) is 0.296. The number of rotatable bonds is 9. The summed E-state index contributed by atoms with van der Waals surface area (Å²) in [5, 5.41) is 10.7. The quantitative estimate of drug-likeness (QED) is 0.285. The van der Waals surface area contributed by atoms with Crippen LogP contribution in [0.2, 0.25) is 0 Å². The zero-order valence-electron chi connectivity index (χ0n) is 22.2. The van der Waals surface area contributed by atoms with E-state index in [9.17, 15) is 26.7 Å². The zero-order chi connectivity index (χ0) is 27.7. The first-order valence-electron chi connectivity index (χ1n) is 11.9. The van der Waals surface area contributed by atoms with Gasteiger partial charge >= 0.3 is 15.6 Å². The number of halogens is 3. The number of aliphatic hydroxyl groups is 1. The Kier molecular flexibility index (Phi) is 8.53. The average molecular weight is 531 g/mol. The Balaban J connectivity index is 2.42. The molecule has 0 aliphatic carbocycles. The molecule has 5 nitrogen and oxygen atoms in total. The van der Waals surface area contributed by atoms with Crippen LogP contribution in [-0.2, 0) is 15.5 Å². The fourth-order valence-corrected chi connectivity index (χ4v) is 4.50. The fraction of sp³-hybridized carbons (Fsp3) is 0.556. The van der Waals surface area contributed by atoms with E-state index in [0.717, 1.165) is 16.7 Å². The smallest absolute Gasteiger partial charge is 0.490 e. The van der Waals surface area contributed by atoms with Crippen LogP contribution in [0.25, 0.3) is 0 Å². The third-order valence-corrected chi connectivity index (χ3v) is 8.24. The molecule has 0 amide bonds. The lowest BCUT2D eigenvalue weighted by molar-refractivity contribution is -0.0725. The van der Waals surface area contributed by atoms with Gasteiger partial charge in [-0.1, -0.05) is 58.9 Å². The molecule has 0 heterocycles. The van der Waals surface area contributed by atoms with Crippen LogP contribution in [-0.4, -0.2) is 31.2 Å². The average Bonchev–Trinajstić information content (AvgIpc) is 2.74. The third kappa shape index (κ3) is 5.99. The van der Waals surface area contributed by atoms with E-state index in [-0.39, 0.29) is 23.3 Å². The number of aryl methyl sites for hydroxylation is 2. The van der Waals surface area contributed by atoms with Gasteiger partial charge in [0.05, 0.1) is 0 Å². The molecular formula is C27H37F3O5S. The van der Waals surface area contributed by atoms with Crippen molar-refractivity contribution in [3.8, 4) is 11.5 Å². The molecule has 0 saturated heterocycles. The molecule has 0 aliphatic rings. The van der Waals surface area contributed by atoms with Crippen LogP contribution in [0.3, 0.4) is 0 Å². The molecule has 9 heteroatoms. The van der Waals surface area contributed by atoms with Crippen LogP contribution < -0.4 is 8.92 Å². The van der Waals surface area contributed by atoms with Crippen molar-refractivity contribution in [2.45, 2.75) is 84.8 Å². The molecule has 0 aromatic heterocycles. The van der Waals surface area contributed by atoms with Crippen LogP contribution >= 0.6 is 0 Å². The summed E-state index contributed by atoms with van der Waals surface area (Å²) in [5.41, 5.74) is -4.36. The summed E-state index contributed by atoms with van der Waals surface area (Å²) in [4.78, 5) is 0. The maximum atomic E-state index is 12.8. The number of ether oxygens (including phenoxy) is 1. The fourth-order valence-electron chi connectivity index (χ4n) is 3.98. The van der Waals surface area contributed by atoms with Gasteiger partial charge in [0, 0.05) is 5.41 Å². The van der Waals surface area contributed by atoms with Gasteiger partial charge in [0.15, 0.2) is 0 Å². The van der Waals surface area contributed by atoms with Gasteiger partial charge in [-0.3, -0.25) is 0 Å². The highest BCUT2D eigenvalue weighted by molar-refractivity contribution is 7.88. The van der Waals surface area contributed by atoms with Gasteiger partial charge in [-0.05, 0) is 73.4 Å². The molecule has 2 aromatic carbocycles. The topological polar surface area (TPSA) is 72.8 Å². The lowest BCUT2D eigenvalue weighted by atomic mass is 9.70. The van der Waals surface area contributed by atoms with Gasteiger partial charge in [0.25, 0.3) is 0 Å². The SMILES string of the molecule is CCC(CC)(c1ccc(OC[C@@](C)(O)C(C)(C)C)c(C)c1)c1ccc(OS(=O)(=O)C(F)(F)F)c(C)c1. The summed E-state index contributed by atoms with van der Waals surface area (Å²) < 4.78 is 71.5. The van der Waals surface area contributed by atoms with Gasteiger partial charge in [-0.15, -0.1) is 0 Å². The molecule has 0 unspecified atom stereocenters. The summed E-state index contributed by atoms with van der Waals surface area (Å²) in [6.45, 7) is 15.2. The molecule has 0 fully saturated rings. The highest BCUT2D eigenvalue weighted by Crippen LogP contribution is 2.42. The molecule has 0 aliphatic heterocycles. The van der Waals surface area contributed by atoms with Crippen molar-refractivity contribution < 1.29 is 35.6 Å². The summed E-state index contributed by atoms with van der Waals surface area (Å²) in [6, 6.07) is 10.4. The number of benzene rings is 2. The maximum absolute atomic E-state index is 12.8. The Morgan fingerprint density at radius 3 is 1.64 bits per heavy atom. The van der Waals surface area contributed by atoms with Crippen molar-refractivity contribution in [1.82, 2.24) is 0 Å². The van der Waals surface area contributed by atoms with Gasteiger partial charge < -0.3 is 14.0 Å². The molecule has 36 heavy (non-hydrogen) atoms. The molecular weight excluding hydrogens is 493 g/mol. The van der Waals surface area contributed by atoms with E-state index in [0.29, 0.717) is 18.6 Å². The van der Waals surface area contributed by atoms with Crippen LogP contribution in [0.1, 0.15) is 76.6 Å². The summed E-state index contributed by atoms with van der Waals surface area (Å²) >= 11 is 0. The molecule has 1 N–H and O–H groups in total. The number of alkyl halides is 3. The first kappa shape index (κ1) is 30.0. The first-order chi connectivity index (χ1) is 16.3.